The fourth-order valence-electron chi connectivity index (χ4n) is 9.04. The number of hydrogen-bond acceptors (Lipinski definition) is 2. The molecule has 0 saturated heterocycles. The summed E-state index contributed by atoms with van der Waals surface area (Å²) in [6.07, 6.45) is 10.6. The number of ether oxygens (including phenoxy) is 1. The van der Waals surface area contributed by atoms with Crippen molar-refractivity contribution in [3.8, 4) is 0 Å². The van der Waals surface area contributed by atoms with Crippen LogP contribution in [0.3, 0.4) is 0 Å². The molecule has 2 nitrogen and oxygen atoms in total. The maximum absolute atomic E-state index is 14.6. The van der Waals surface area contributed by atoms with Crippen LogP contribution >= 0.6 is 0 Å². The molecule has 9 atom stereocenters. The van der Waals surface area contributed by atoms with Gasteiger partial charge in [-0.05, 0) is 87.4 Å². The Kier molecular flexibility index (Phi) is 6.82. The molecule has 4 aliphatic carbocycles. The van der Waals surface area contributed by atoms with E-state index >= 15 is 0 Å². The van der Waals surface area contributed by atoms with Gasteiger partial charge < -0.3 is 4.74 Å². The van der Waals surface area contributed by atoms with Crippen LogP contribution in [0.2, 0.25) is 0 Å². The second kappa shape index (κ2) is 8.94. The van der Waals surface area contributed by atoms with E-state index in [2.05, 4.69) is 26.8 Å². The van der Waals surface area contributed by atoms with Crippen molar-refractivity contribution in [2.75, 3.05) is 0 Å². The number of alkyl halides is 2. The maximum atomic E-state index is 14.6. The molecule has 0 bridgehead atoms. The molecular weight excluding hydrogens is 418 g/mol. The number of fused-ring (bicyclic) bond motifs is 5. The molecule has 0 unspecified atom stereocenters. The third-order valence-corrected chi connectivity index (χ3v) is 10.6. The molecule has 4 rings (SSSR count). The van der Waals surface area contributed by atoms with Crippen LogP contribution in [0.1, 0.15) is 106 Å². The summed E-state index contributed by atoms with van der Waals surface area (Å²) >= 11 is 0. The summed E-state index contributed by atoms with van der Waals surface area (Å²) in [6, 6.07) is 0. The Morgan fingerprint density at radius 3 is 2.64 bits per heavy atom. The number of rotatable bonds is 6. The minimum atomic E-state index is -1.07. The van der Waals surface area contributed by atoms with Gasteiger partial charge in [0.05, 0.1) is 0 Å². The van der Waals surface area contributed by atoms with Crippen LogP contribution in [0.5, 0.6) is 0 Å². The van der Waals surface area contributed by atoms with Crippen LogP contribution in [-0.4, -0.2) is 23.9 Å². The van der Waals surface area contributed by atoms with Crippen molar-refractivity contribution in [1.82, 2.24) is 0 Å². The standard InChI is InChI=1S/C29H46F2O2/c1-18(8-7-14-27(3,4)31)23-11-12-24-22-10-9-20-16-21(30)17-26(33-19(2)32)29(20,6)25(22)13-15-28(23,24)5/h9,18,21-26H,7-8,10-17H2,1-6H3/t18-,21-,22+,23-,24+,25+,26+,28-,29+/m1/s1. The van der Waals surface area contributed by atoms with Crippen LogP contribution in [0, 0.1) is 40.4 Å². The third-order valence-electron chi connectivity index (χ3n) is 10.6. The quantitative estimate of drug-likeness (QED) is 0.294. The lowest BCUT2D eigenvalue weighted by atomic mass is 9.46. The number of carbonyl (C=O) groups is 1. The number of halogens is 2. The Bertz CT molecular complexity index is 770. The summed E-state index contributed by atoms with van der Waals surface area (Å²) in [5.74, 6) is 2.78. The second-order valence-corrected chi connectivity index (χ2v) is 13.1. The number of hydrogen-bond donors (Lipinski definition) is 0. The lowest BCUT2D eigenvalue weighted by Gasteiger charge is -2.59. The van der Waals surface area contributed by atoms with Crippen molar-refractivity contribution in [3.05, 3.63) is 11.6 Å². The summed E-state index contributed by atoms with van der Waals surface area (Å²) in [4.78, 5) is 11.9. The molecular formula is C29H46F2O2. The summed E-state index contributed by atoms with van der Waals surface area (Å²) in [6.45, 7) is 12.0. The van der Waals surface area contributed by atoms with E-state index in [0.717, 1.165) is 25.7 Å². The van der Waals surface area contributed by atoms with E-state index in [9.17, 15) is 13.6 Å². The predicted molar refractivity (Wildman–Crippen MR) is 129 cm³/mol. The van der Waals surface area contributed by atoms with E-state index in [1.165, 1.54) is 31.8 Å². The van der Waals surface area contributed by atoms with Gasteiger partial charge in [-0.1, -0.05) is 45.3 Å². The molecule has 0 N–H and O–H groups in total. The summed E-state index contributed by atoms with van der Waals surface area (Å²) in [5, 5.41) is 0. The number of allylic oxidation sites excluding steroid dienone is 1. The zero-order valence-corrected chi connectivity index (χ0v) is 21.8. The first-order valence-electron chi connectivity index (χ1n) is 13.6. The van der Waals surface area contributed by atoms with Crippen molar-refractivity contribution in [1.29, 1.82) is 0 Å². The Hall–Kier alpha value is -0.930. The average molecular weight is 465 g/mol. The van der Waals surface area contributed by atoms with Crippen LogP contribution in [0.25, 0.3) is 0 Å². The SMILES string of the molecule is CC(=O)O[C@H]1C[C@H](F)CC2=CC[C@H]3[C@@H]4CC[C@H]([C@H](C)CCCC(C)(C)F)[C@@]4(C)CC[C@@H]3[C@]21C. The molecule has 0 amide bonds. The highest BCUT2D eigenvalue weighted by molar-refractivity contribution is 5.66. The molecule has 0 aromatic heterocycles. The lowest BCUT2D eigenvalue weighted by molar-refractivity contribution is -0.164. The molecule has 0 spiro atoms. The molecule has 0 heterocycles. The van der Waals surface area contributed by atoms with E-state index in [1.54, 1.807) is 13.8 Å². The molecule has 0 aromatic rings. The van der Waals surface area contributed by atoms with E-state index in [1.807, 2.05) is 0 Å². The molecule has 0 aliphatic heterocycles. The van der Waals surface area contributed by atoms with E-state index in [4.69, 9.17) is 4.74 Å². The second-order valence-electron chi connectivity index (χ2n) is 13.1. The van der Waals surface area contributed by atoms with Crippen LogP contribution in [-0.2, 0) is 9.53 Å². The van der Waals surface area contributed by atoms with Crippen LogP contribution in [0.15, 0.2) is 11.6 Å². The van der Waals surface area contributed by atoms with Gasteiger partial charge in [0.15, 0.2) is 0 Å². The Morgan fingerprint density at radius 1 is 1.24 bits per heavy atom. The lowest BCUT2D eigenvalue weighted by Crippen LogP contribution is -2.56. The first kappa shape index (κ1) is 25.2. The van der Waals surface area contributed by atoms with Gasteiger partial charge in [0.25, 0.3) is 0 Å². The predicted octanol–water partition coefficient (Wildman–Crippen LogP) is 8.00. The Balaban J connectivity index is 1.53. The van der Waals surface area contributed by atoms with Gasteiger partial charge in [-0.15, -0.1) is 0 Å². The maximum Gasteiger partial charge on any atom is 0.302 e. The highest BCUT2D eigenvalue weighted by Gasteiger charge is 2.61. The van der Waals surface area contributed by atoms with Gasteiger partial charge in [-0.3, -0.25) is 4.79 Å². The van der Waals surface area contributed by atoms with Gasteiger partial charge in [0.2, 0.25) is 0 Å². The Morgan fingerprint density at radius 2 is 1.97 bits per heavy atom. The highest BCUT2D eigenvalue weighted by atomic mass is 19.1. The first-order valence-corrected chi connectivity index (χ1v) is 13.6. The highest BCUT2D eigenvalue weighted by Crippen LogP contribution is 2.67. The minimum absolute atomic E-state index is 0.227. The normalized spacial score (nSPS) is 43.7. The average Bonchev–Trinajstić information content (AvgIpc) is 3.05. The van der Waals surface area contributed by atoms with E-state index in [-0.39, 0.29) is 17.5 Å². The van der Waals surface area contributed by atoms with Gasteiger partial charge in [0.1, 0.15) is 17.9 Å². The number of esters is 1. The Labute approximate surface area is 200 Å². The molecule has 33 heavy (non-hydrogen) atoms. The minimum Gasteiger partial charge on any atom is -0.462 e. The van der Waals surface area contributed by atoms with Crippen molar-refractivity contribution in [2.45, 2.75) is 124 Å². The molecule has 3 fully saturated rings. The van der Waals surface area contributed by atoms with Gasteiger partial charge in [-0.25, -0.2) is 8.78 Å². The molecule has 4 heteroatoms. The fraction of sp³-hybridized carbons (Fsp3) is 0.897. The molecule has 3 saturated carbocycles. The topological polar surface area (TPSA) is 26.3 Å². The zero-order chi connectivity index (χ0) is 24.2. The zero-order valence-electron chi connectivity index (χ0n) is 21.8. The van der Waals surface area contributed by atoms with Crippen molar-refractivity contribution in [2.24, 2.45) is 40.4 Å². The van der Waals surface area contributed by atoms with Crippen molar-refractivity contribution >= 4 is 5.97 Å². The summed E-state index contributed by atoms with van der Waals surface area (Å²) in [5.41, 5.74) is 0.240. The van der Waals surface area contributed by atoms with E-state index < -0.39 is 11.8 Å². The largest absolute Gasteiger partial charge is 0.462 e. The smallest absolute Gasteiger partial charge is 0.302 e. The molecule has 4 aliphatic rings. The first-order chi connectivity index (χ1) is 15.4. The molecule has 188 valence electrons. The molecule has 0 aromatic carbocycles. The van der Waals surface area contributed by atoms with Crippen molar-refractivity contribution < 1.29 is 18.3 Å². The van der Waals surface area contributed by atoms with Gasteiger partial charge >= 0.3 is 5.97 Å². The van der Waals surface area contributed by atoms with Gasteiger partial charge in [0, 0.05) is 25.2 Å². The van der Waals surface area contributed by atoms with E-state index in [0.29, 0.717) is 54.3 Å². The molecule has 0 radical (unpaired) electrons. The van der Waals surface area contributed by atoms with Crippen LogP contribution < -0.4 is 0 Å². The van der Waals surface area contributed by atoms with Crippen LogP contribution in [0.4, 0.5) is 8.78 Å². The summed E-state index contributed by atoms with van der Waals surface area (Å²) < 4.78 is 34.4. The third kappa shape index (κ3) is 4.54. The fourth-order valence-corrected chi connectivity index (χ4v) is 9.04. The van der Waals surface area contributed by atoms with Gasteiger partial charge in [-0.2, -0.15) is 0 Å². The number of carbonyl (C=O) groups excluding carboxylic acids is 1. The van der Waals surface area contributed by atoms with Crippen molar-refractivity contribution in [3.63, 3.8) is 0 Å². The monoisotopic (exact) mass is 464 g/mol. The summed E-state index contributed by atoms with van der Waals surface area (Å²) in [7, 11) is 0.